The van der Waals surface area contributed by atoms with Gasteiger partial charge in [-0.15, -0.1) is 0 Å². The molecule has 0 amide bonds. The molecule has 112 valence electrons. The zero-order valence-electron chi connectivity index (χ0n) is 11.5. The fourth-order valence-electron chi connectivity index (χ4n) is 1.80. The largest absolute Gasteiger partial charge is 0.377 e. The lowest BCUT2D eigenvalue weighted by atomic mass is 10.1. The van der Waals surface area contributed by atoms with Gasteiger partial charge in [0.1, 0.15) is 5.82 Å². The molecule has 1 aromatic heterocycles. The van der Waals surface area contributed by atoms with E-state index in [-0.39, 0.29) is 16.1 Å². The maximum absolute atomic E-state index is 13.1. The van der Waals surface area contributed by atoms with Crippen molar-refractivity contribution >= 4 is 27.1 Å². The number of nitrogens with one attached hydrogen (secondary N) is 1. The van der Waals surface area contributed by atoms with Crippen molar-refractivity contribution in [3.63, 3.8) is 0 Å². The maximum atomic E-state index is 13.1. The molecule has 21 heavy (non-hydrogen) atoms. The first-order valence-corrected chi connectivity index (χ1v) is 8.42. The van der Waals surface area contributed by atoms with Gasteiger partial charge in [-0.1, -0.05) is 17.7 Å². The molecule has 0 spiro atoms. The van der Waals surface area contributed by atoms with Crippen LogP contribution in [-0.4, -0.2) is 19.7 Å². The first-order valence-electron chi connectivity index (χ1n) is 6.15. The van der Waals surface area contributed by atoms with Crippen LogP contribution in [0.1, 0.15) is 18.5 Å². The maximum Gasteiger partial charge on any atom is 0.192 e. The molecule has 0 radical (unpaired) electrons. The van der Waals surface area contributed by atoms with Crippen LogP contribution in [0.15, 0.2) is 41.6 Å². The number of halogens is 2. The molecule has 2 rings (SSSR count). The molecule has 0 aliphatic heterocycles. The Balaban J connectivity index is 2.15. The minimum absolute atomic E-state index is 0.0190. The number of pyridine rings is 1. The molecule has 1 atom stereocenters. The number of anilines is 1. The molecule has 4 nitrogen and oxygen atoms in total. The quantitative estimate of drug-likeness (QED) is 0.934. The van der Waals surface area contributed by atoms with Gasteiger partial charge in [-0.05, 0) is 36.8 Å². The molecular weight excluding hydrogens is 315 g/mol. The monoisotopic (exact) mass is 328 g/mol. The molecule has 0 aliphatic carbocycles. The van der Waals surface area contributed by atoms with Crippen LogP contribution in [0.4, 0.5) is 10.1 Å². The van der Waals surface area contributed by atoms with Gasteiger partial charge in [0.05, 0.1) is 16.9 Å². The Bertz CT molecular complexity index is 748. The standard InChI is InChI=1S/C14H14ClFN2O2S/c1-9(10-3-5-13(16)12(15)7-10)18-11-4-6-14(17-8-11)21(2,19)20/h3-9,18H,1-2H3. The summed E-state index contributed by atoms with van der Waals surface area (Å²) in [7, 11) is -3.31. The lowest BCUT2D eigenvalue weighted by molar-refractivity contribution is 0.598. The number of sulfone groups is 1. The molecule has 0 aliphatic rings. The zero-order valence-corrected chi connectivity index (χ0v) is 13.0. The summed E-state index contributed by atoms with van der Waals surface area (Å²) in [6.45, 7) is 1.88. The molecule has 0 saturated carbocycles. The normalized spacial score (nSPS) is 13.0. The highest BCUT2D eigenvalue weighted by molar-refractivity contribution is 7.90. The molecule has 0 fully saturated rings. The number of hydrogen-bond acceptors (Lipinski definition) is 4. The molecule has 1 unspecified atom stereocenters. The van der Waals surface area contributed by atoms with Crippen molar-refractivity contribution in [3.8, 4) is 0 Å². The van der Waals surface area contributed by atoms with Crippen molar-refractivity contribution in [2.45, 2.75) is 18.0 Å². The van der Waals surface area contributed by atoms with E-state index in [0.717, 1.165) is 11.8 Å². The van der Waals surface area contributed by atoms with Crippen molar-refractivity contribution in [2.75, 3.05) is 11.6 Å². The molecule has 0 saturated heterocycles. The fraction of sp³-hybridized carbons (Fsp3) is 0.214. The minimum atomic E-state index is -3.31. The summed E-state index contributed by atoms with van der Waals surface area (Å²) in [6, 6.07) is 7.42. The Kier molecular flexibility index (Phi) is 4.49. The van der Waals surface area contributed by atoms with E-state index in [9.17, 15) is 12.8 Å². The van der Waals surface area contributed by atoms with E-state index in [2.05, 4.69) is 10.3 Å². The highest BCUT2D eigenvalue weighted by Crippen LogP contribution is 2.23. The van der Waals surface area contributed by atoms with Gasteiger partial charge in [0.15, 0.2) is 14.9 Å². The van der Waals surface area contributed by atoms with E-state index >= 15 is 0 Å². The second-order valence-corrected chi connectivity index (χ2v) is 7.07. The van der Waals surface area contributed by atoms with Crippen LogP contribution < -0.4 is 5.32 Å². The molecule has 1 N–H and O–H groups in total. The smallest absolute Gasteiger partial charge is 0.192 e. The average molecular weight is 329 g/mol. The Morgan fingerprint density at radius 3 is 2.52 bits per heavy atom. The molecule has 1 heterocycles. The molecule has 0 bridgehead atoms. The molecule has 1 aromatic carbocycles. The van der Waals surface area contributed by atoms with E-state index in [0.29, 0.717) is 5.69 Å². The lowest BCUT2D eigenvalue weighted by Crippen LogP contribution is -2.08. The third-order valence-electron chi connectivity index (χ3n) is 2.94. The van der Waals surface area contributed by atoms with Gasteiger partial charge in [0, 0.05) is 12.3 Å². The van der Waals surface area contributed by atoms with E-state index in [1.165, 1.54) is 18.3 Å². The summed E-state index contributed by atoms with van der Waals surface area (Å²) in [5, 5.41) is 3.23. The Morgan fingerprint density at radius 2 is 2.00 bits per heavy atom. The van der Waals surface area contributed by atoms with Crippen LogP contribution in [0.3, 0.4) is 0 Å². The number of nitrogens with zero attached hydrogens (tertiary/aromatic N) is 1. The second-order valence-electron chi connectivity index (χ2n) is 4.70. The highest BCUT2D eigenvalue weighted by atomic mass is 35.5. The van der Waals surface area contributed by atoms with Crippen LogP contribution in [-0.2, 0) is 9.84 Å². The van der Waals surface area contributed by atoms with Gasteiger partial charge in [-0.25, -0.2) is 17.8 Å². The summed E-state index contributed by atoms with van der Waals surface area (Å²) in [4.78, 5) is 3.89. The summed E-state index contributed by atoms with van der Waals surface area (Å²) in [5.74, 6) is -0.466. The first kappa shape index (κ1) is 15.7. The van der Waals surface area contributed by atoms with Crippen LogP contribution in [0, 0.1) is 5.82 Å². The summed E-state index contributed by atoms with van der Waals surface area (Å²) in [5.41, 5.74) is 1.48. The van der Waals surface area contributed by atoms with Crippen LogP contribution in [0.5, 0.6) is 0 Å². The Morgan fingerprint density at radius 1 is 1.29 bits per heavy atom. The topological polar surface area (TPSA) is 59.1 Å². The van der Waals surface area contributed by atoms with Crippen molar-refractivity contribution in [2.24, 2.45) is 0 Å². The van der Waals surface area contributed by atoms with Crippen molar-refractivity contribution in [1.29, 1.82) is 0 Å². The van der Waals surface area contributed by atoms with Crippen LogP contribution >= 0.6 is 11.6 Å². The first-order chi connectivity index (χ1) is 9.77. The average Bonchev–Trinajstić information content (AvgIpc) is 2.41. The van der Waals surface area contributed by atoms with Crippen LogP contribution in [0.25, 0.3) is 0 Å². The SMILES string of the molecule is CC(Nc1ccc(S(C)(=O)=O)nc1)c1ccc(F)c(Cl)c1. The van der Waals surface area contributed by atoms with Gasteiger partial charge in [0.2, 0.25) is 0 Å². The van der Waals surface area contributed by atoms with Gasteiger partial charge in [0.25, 0.3) is 0 Å². The highest BCUT2D eigenvalue weighted by Gasteiger charge is 2.11. The van der Waals surface area contributed by atoms with Crippen molar-refractivity contribution < 1.29 is 12.8 Å². The number of benzene rings is 1. The van der Waals surface area contributed by atoms with E-state index < -0.39 is 15.7 Å². The van der Waals surface area contributed by atoms with E-state index in [1.807, 2.05) is 6.92 Å². The zero-order chi connectivity index (χ0) is 15.6. The van der Waals surface area contributed by atoms with Crippen LogP contribution in [0.2, 0.25) is 5.02 Å². The number of hydrogen-bond donors (Lipinski definition) is 1. The van der Waals surface area contributed by atoms with Gasteiger partial charge in [-0.3, -0.25) is 0 Å². The summed E-state index contributed by atoms with van der Waals surface area (Å²) < 4.78 is 35.8. The third-order valence-corrected chi connectivity index (χ3v) is 4.23. The predicted molar refractivity (Wildman–Crippen MR) is 80.8 cm³/mol. The Hall–Kier alpha value is -1.66. The molecular formula is C14H14ClFN2O2S. The van der Waals surface area contributed by atoms with Gasteiger partial charge in [-0.2, -0.15) is 0 Å². The molecule has 7 heteroatoms. The number of aromatic nitrogens is 1. The second kappa shape index (κ2) is 5.99. The van der Waals surface area contributed by atoms with E-state index in [1.54, 1.807) is 18.2 Å². The van der Waals surface area contributed by atoms with Crippen molar-refractivity contribution in [3.05, 3.63) is 52.9 Å². The van der Waals surface area contributed by atoms with Gasteiger partial charge >= 0.3 is 0 Å². The number of rotatable bonds is 4. The van der Waals surface area contributed by atoms with Gasteiger partial charge < -0.3 is 5.32 Å². The van der Waals surface area contributed by atoms with E-state index in [4.69, 9.17) is 11.6 Å². The lowest BCUT2D eigenvalue weighted by Gasteiger charge is -2.16. The fourth-order valence-corrected chi connectivity index (χ4v) is 2.55. The minimum Gasteiger partial charge on any atom is -0.377 e. The summed E-state index contributed by atoms with van der Waals surface area (Å²) in [6.07, 6.45) is 2.55. The predicted octanol–water partition coefficient (Wildman–Crippen LogP) is 3.45. The van der Waals surface area contributed by atoms with Crippen molar-refractivity contribution in [1.82, 2.24) is 4.98 Å². The molecule has 2 aromatic rings. The summed E-state index contributed by atoms with van der Waals surface area (Å²) >= 11 is 5.75. The Labute approximate surface area is 127 Å². The third kappa shape index (κ3) is 3.92.